The number of nitrogens with two attached hydrogens (primary N) is 1. The van der Waals surface area contributed by atoms with Crippen molar-refractivity contribution in [2.24, 2.45) is 5.73 Å². The summed E-state index contributed by atoms with van der Waals surface area (Å²) in [5.74, 6) is 0.0447. The Balaban J connectivity index is 2.21. The standard InChI is InChI=1S/C12H17ClN2OS/c1-8-7-17-11(10(8)13)12(16)15-5-3-2-4-9(15)6-14/h7,9H,2-6,14H2,1H3. The number of thiophene rings is 1. The van der Waals surface area contributed by atoms with Gasteiger partial charge in [0.2, 0.25) is 0 Å². The fraction of sp³-hybridized carbons (Fsp3) is 0.583. The lowest BCUT2D eigenvalue weighted by Crippen LogP contribution is -2.47. The van der Waals surface area contributed by atoms with E-state index in [1.807, 2.05) is 17.2 Å². The molecule has 0 radical (unpaired) electrons. The van der Waals surface area contributed by atoms with Crippen LogP contribution in [0.15, 0.2) is 5.38 Å². The second-order valence-corrected chi connectivity index (χ2v) is 5.70. The van der Waals surface area contributed by atoms with Gasteiger partial charge in [-0.2, -0.15) is 0 Å². The van der Waals surface area contributed by atoms with Crippen LogP contribution in [-0.4, -0.2) is 29.9 Å². The lowest BCUT2D eigenvalue weighted by Gasteiger charge is -2.34. The molecule has 1 aliphatic rings. The molecule has 0 spiro atoms. The second-order valence-electron chi connectivity index (χ2n) is 4.45. The predicted molar refractivity (Wildman–Crippen MR) is 71.8 cm³/mol. The highest BCUT2D eigenvalue weighted by atomic mass is 35.5. The number of carbonyl (C=O) groups is 1. The Bertz CT molecular complexity index is 419. The average Bonchev–Trinajstić information content (AvgIpc) is 2.69. The maximum atomic E-state index is 12.4. The molecule has 0 bridgehead atoms. The summed E-state index contributed by atoms with van der Waals surface area (Å²) in [7, 11) is 0. The zero-order valence-corrected chi connectivity index (χ0v) is 11.5. The summed E-state index contributed by atoms with van der Waals surface area (Å²) in [6.07, 6.45) is 3.22. The highest BCUT2D eigenvalue weighted by Crippen LogP contribution is 2.30. The molecule has 0 saturated carbocycles. The fourth-order valence-corrected chi connectivity index (χ4v) is 3.45. The van der Waals surface area contributed by atoms with Gasteiger partial charge in [-0.15, -0.1) is 11.3 Å². The maximum absolute atomic E-state index is 12.4. The smallest absolute Gasteiger partial charge is 0.265 e. The number of piperidine rings is 1. The van der Waals surface area contributed by atoms with Crippen LogP contribution in [-0.2, 0) is 0 Å². The molecule has 0 aliphatic carbocycles. The largest absolute Gasteiger partial charge is 0.334 e. The highest BCUT2D eigenvalue weighted by molar-refractivity contribution is 7.13. The Labute approximate surface area is 111 Å². The summed E-state index contributed by atoms with van der Waals surface area (Å²) in [5.41, 5.74) is 6.70. The molecule has 0 aromatic carbocycles. The third-order valence-electron chi connectivity index (χ3n) is 3.25. The van der Waals surface area contributed by atoms with Crippen LogP contribution in [0, 0.1) is 6.92 Å². The van der Waals surface area contributed by atoms with Crippen molar-refractivity contribution in [2.75, 3.05) is 13.1 Å². The van der Waals surface area contributed by atoms with Gasteiger partial charge in [0.15, 0.2) is 0 Å². The van der Waals surface area contributed by atoms with Crippen LogP contribution in [0.5, 0.6) is 0 Å². The summed E-state index contributed by atoms with van der Waals surface area (Å²) < 4.78 is 0. The third-order valence-corrected chi connectivity index (χ3v) is 4.94. The number of likely N-dealkylation sites (tertiary alicyclic amines) is 1. The van der Waals surface area contributed by atoms with Gasteiger partial charge in [0.1, 0.15) is 4.88 Å². The lowest BCUT2D eigenvalue weighted by molar-refractivity contribution is 0.0628. The van der Waals surface area contributed by atoms with Crippen molar-refractivity contribution < 1.29 is 4.79 Å². The molecule has 1 saturated heterocycles. The summed E-state index contributed by atoms with van der Waals surface area (Å²) in [5, 5.41) is 2.53. The van der Waals surface area contributed by atoms with E-state index in [1.54, 1.807) is 0 Å². The monoisotopic (exact) mass is 272 g/mol. The maximum Gasteiger partial charge on any atom is 0.265 e. The minimum atomic E-state index is 0.0447. The van der Waals surface area contributed by atoms with E-state index in [0.717, 1.165) is 31.4 Å². The van der Waals surface area contributed by atoms with Crippen molar-refractivity contribution in [1.29, 1.82) is 0 Å². The number of amides is 1. The molecule has 1 fully saturated rings. The number of carbonyl (C=O) groups excluding carboxylic acids is 1. The highest BCUT2D eigenvalue weighted by Gasteiger charge is 2.28. The molecule has 3 nitrogen and oxygen atoms in total. The van der Waals surface area contributed by atoms with Crippen LogP contribution in [0.2, 0.25) is 5.02 Å². The zero-order chi connectivity index (χ0) is 12.4. The van der Waals surface area contributed by atoms with Gasteiger partial charge in [0.05, 0.1) is 5.02 Å². The van der Waals surface area contributed by atoms with Crippen LogP contribution in [0.1, 0.15) is 34.5 Å². The van der Waals surface area contributed by atoms with Gasteiger partial charge in [-0.1, -0.05) is 11.6 Å². The molecule has 94 valence electrons. The fourth-order valence-electron chi connectivity index (χ4n) is 2.22. The van der Waals surface area contributed by atoms with Crippen LogP contribution >= 0.6 is 22.9 Å². The molecule has 2 N–H and O–H groups in total. The van der Waals surface area contributed by atoms with Gasteiger partial charge in [-0.25, -0.2) is 0 Å². The van der Waals surface area contributed by atoms with Crippen LogP contribution < -0.4 is 5.73 Å². The first-order valence-electron chi connectivity index (χ1n) is 5.89. The number of rotatable bonds is 2. The van der Waals surface area contributed by atoms with Crippen molar-refractivity contribution in [3.8, 4) is 0 Å². The number of halogens is 1. The van der Waals surface area contributed by atoms with E-state index in [4.69, 9.17) is 17.3 Å². The molecule has 5 heteroatoms. The first-order valence-corrected chi connectivity index (χ1v) is 7.15. The van der Waals surface area contributed by atoms with Gasteiger partial charge in [-0.05, 0) is 37.1 Å². The van der Waals surface area contributed by atoms with E-state index in [2.05, 4.69) is 0 Å². The SMILES string of the molecule is Cc1csc(C(=O)N2CCCCC2CN)c1Cl. The van der Waals surface area contributed by atoms with E-state index in [0.29, 0.717) is 16.4 Å². The Morgan fingerprint density at radius 2 is 2.41 bits per heavy atom. The van der Waals surface area contributed by atoms with Gasteiger partial charge >= 0.3 is 0 Å². The van der Waals surface area contributed by atoms with Crippen molar-refractivity contribution >= 4 is 28.8 Å². The van der Waals surface area contributed by atoms with Gasteiger partial charge < -0.3 is 10.6 Å². The minimum absolute atomic E-state index is 0.0447. The van der Waals surface area contributed by atoms with Gasteiger partial charge in [-0.3, -0.25) is 4.79 Å². The topological polar surface area (TPSA) is 46.3 Å². The van der Waals surface area contributed by atoms with Crippen LogP contribution in [0.3, 0.4) is 0 Å². The first kappa shape index (κ1) is 12.9. The molecular formula is C12H17ClN2OS. The van der Waals surface area contributed by atoms with E-state index < -0.39 is 0 Å². The summed E-state index contributed by atoms with van der Waals surface area (Å²) in [6.45, 7) is 3.26. The van der Waals surface area contributed by atoms with Crippen molar-refractivity contribution in [3.63, 3.8) is 0 Å². The Morgan fingerprint density at radius 1 is 1.65 bits per heavy atom. The molecule has 2 rings (SSSR count). The Morgan fingerprint density at radius 3 is 3.00 bits per heavy atom. The van der Waals surface area contributed by atoms with Crippen molar-refractivity contribution in [1.82, 2.24) is 4.90 Å². The van der Waals surface area contributed by atoms with E-state index in [9.17, 15) is 4.79 Å². The van der Waals surface area contributed by atoms with Gasteiger partial charge in [0.25, 0.3) is 5.91 Å². The second kappa shape index (κ2) is 5.38. The minimum Gasteiger partial charge on any atom is -0.334 e. The molecule has 1 amide bonds. The molecule has 1 atom stereocenters. The normalized spacial score (nSPS) is 20.6. The molecule has 2 heterocycles. The number of nitrogens with zero attached hydrogens (tertiary/aromatic N) is 1. The number of hydrogen-bond donors (Lipinski definition) is 1. The molecule has 17 heavy (non-hydrogen) atoms. The summed E-state index contributed by atoms with van der Waals surface area (Å²) >= 11 is 7.57. The molecule has 1 unspecified atom stereocenters. The number of hydrogen-bond acceptors (Lipinski definition) is 3. The first-order chi connectivity index (χ1) is 8.15. The zero-order valence-electron chi connectivity index (χ0n) is 9.91. The van der Waals surface area contributed by atoms with E-state index in [-0.39, 0.29) is 11.9 Å². The molecular weight excluding hydrogens is 256 g/mol. The van der Waals surface area contributed by atoms with Crippen LogP contribution in [0.4, 0.5) is 0 Å². The van der Waals surface area contributed by atoms with Crippen LogP contribution in [0.25, 0.3) is 0 Å². The average molecular weight is 273 g/mol. The molecule has 1 aromatic rings. The van der Waals surface area contributed by atoms with E-state index in [1.165, 1.54) is 11.3 Å². The summed E-state index contributed by atoms with van der Waals surface area (Å²) in [6, 6.07) is 0.176. The third kappa shape index (κ3) is 2.49. The van der Waals surface area contributed by atoms with Crippen molar-refractivity contribution in [3.05, 3.63) is 20.8 Å². The van der Waals surface area contributed by atoms with Gasteiger partial charge in [0, 0.05) is 19.1 Å². The van der Waals surface area contributed by atoms with Crippen molar-refractivity contribution in [2.45, 2.75) is 32.2 Å². The number of aryl methyl sites for hydroxylation is 1. The Kier molecular flexibility index (Phi) is 4.07. The molecule has 1 aromatic heterocycles. The quantitative estimate of drug-likeness (QED) is 0.900. The lowest BCUT2D eigenvalue weighted by atomic mass is 10.0. The Hall–Kier alpha value is -0.580. The summed E-state index contributed by atoms with van der Waals surface area (Å²) in [4.78, 5) is 14.9. The predicted octanol–water partition coefficient (Wildman–Crippen LogP) is 2.66. The molecule has 1 aliphatic heterocycles. The van der Waals surface area contributed by atoms with E-state index >= 15 is 0 Å².